The molecule has 11 nitrogen and oxygen atoms in total. The van der Waals surface area contributed by atoms with Crippen molar-refractivity contribution in [2.24, 2.45) is 5.92 Å². The van der Waals surface area contributed by atoms with Crippen molar-refractivity contribution in [3.8, 4) is 22.2 Å². The van der Waals surface area contributed by atoms with E-state index in [1.807, 2.05) is 25.1 Å². The molecule has 47 heavy (non-hydrogen) atoms. The summed E-state index contributed by atoms with van der Waals surface area (Å²) in [6, 6.07) is 4.71. The van der Waals surface area contributed by atoms with Gasteiger partial charge in [-0.3, -0.25) is 9.69 Å². The number of nitrogens with one attached hydrogen (secondary N) is 1. The minimum Gasteiger partial charge on any atom is -0.496 e. The molecule has 3 heterocycles. The van der Waals surface area contributed by atoms with Crippen LogP contribution in [0.4, 0.5) is 4.79 Å². The number of methoxy groups -OCH3 is 2. The van der Waals surface area contributed by atoms with E-state index in [1.165, 1.54) is 12.0 Å². The van der Waals surface area contributed by atoms with E-state index in [1.54, 1.807) is 51.6 Å². The van der Waals surface area contributed by atoms with Crippen LogP contribution in [-0.2, 0) is 19.1 Å². The lowest BCUT2D eigenvalue weighted by Crippen LogP contribution is -2.53. The van der Waals surface area contributed by atoms with Crippen LogP contribution >= 0.6 is 11.3 Å². The van der Waals surface area contributed by atoms with Crippen molar-refractivity contribution in [3.05, 3.63) is 59.3 Å². The van der Waals surface area contributed by atoms with Crippen LogP contribution in [0.1, 0.15) is 63.6 Å². The molecule has 2 aromatic heterocycles. The number of fused-ring (bicyclic) bond motifs is 1. The molecule has 3 fully saturated rings. The molecule has 3 aliphatic rings. The summed E-state index contributed by atoms with van der Waals surface area (Å²) in [4.78, 5) is 50.9. The number of carbonyl (C=O) groups excluding carboxylic acids is 3. The van der Waals surface area contributed by atoms with Crippen molar-refractivity contribution >= 4 is 40.2 Å². The molecule has 1 saturated heterocycles. The number of aryl methyl sites for hydroxylation is 1. The first-order valence-electron chi connectivity index (χ1n) is 15.7. The predicted octanol–water partition coefficient (Wildman–Crippen LogP) is 6.06. The van der Waals surface area contributed by atoms with Crippen LogP contribution in [0.3, 0.4) is 0 Å². The van der Waals surface area contributed by atoms with Crippen LogP contribution in [0.2, 0.25) is 0 Å². The maximum absolute atomic E-state index is 13.7. The number of carbonyl (C=O) groups is 3. The van der Waals surface area contributed by atoms with Gasteiger partial charge in [0.2, 0.25) is 5.91 Å². The van der Waals surface area contributed by atoms with E-state index in [4.69, 9.17) is 28.9 Å². The van der Waals surface area contributed by atoms with E-state index >= 15 is 0 Å². The number of rotatable bonds is 9. The van der Waals surface area contributed by atoms with Crippen molar-refractivity contribution in [1.82, 2.24) is 20.2 Å². The van der Waals surface area contributed by atoms with Crippen LogP contribution in [-0.4, -0.2) is 70.8 Å². The number of amides is 2. The van der Waals surface area contributed by atoms with Crippen molar-refractivity contribution < 1.29 is 33.3 Å². The molecule has 0 spiro atoms. The highest BCUT2D eigenvalue weighted by molar-refractivity contribution is 7.13. The Morgan fingerprint density at radius 3 is 2.55 bits per heavy atom. The van der Waals surface area contributed by atoms with Crippen LogP contribution in [0, 0.1) is 12.8 Å². The lowest BCUT2D eigenvalue weighted by atomic mass is 10.1. The number of hydrogen-bond donors (Lipinski definition) is 1. The van der Waals surface area contributed by atoms with Gasteiger partial charge in [0.15, 0.2) is 0 Å². The predicted molar refractivity (Wildman–Crippen MR) is 177 cm³/mol. The standard InChI is InChI=1S/C35H40N4O7S/c1-8-22-15-35(22,32(41)44-7)38-30(40)26-13-20(16-39(26)33(42)46-34(3,4)5)17-45-28-14-24(31-37-25(18-47-31)21-9-10-21)36-29-19(2)27(43-6)12-11-23(28)29/h8,11-12,14,17-18,21-22,26H,1,9-10,13,15-16H2,2-7H3,(H,38,40). The van der Waals surface area contributed by atoms with Crippen LogP contribution in [0.5, 0.6) is 11.5 Å². The van der Waals surface area contributed by atoms with E-state index in [0.717, 1.165) is 40.0 Å². The SMILES string of the molecule is C=CC1CC1(NC(=O)C1CC(=COc2cc(-c3nc(C4CC4)cs3)nc3c(C)c(OC)ccc23)CN1C(=O)OC(C)(C)C)C(=O)OC. The molecule has 6 rings (SSSR count). The van der Waals surface area contributed by atoms with E-state index in [-0.39, 0.29) is 18.9 Å². The van der Waals surface area contributed by atoms with Crippen molar-refractivity contribution in [3.63, 3.8) is 0 Å². The Bertz CT molecular complexity index is 1790. The van der Waals surface area contributed by atoms with Crippen molar-refractivity contribution in [2.45, 2.75) is 76.5 Å². The molecule has 3 unspecified atom stereocenters. The van der Waals surface area contributed by atoms with E-state index < -0.39 is 35.2 Å². The van der Waals surface area contributed by atoms with Gasteiger partial charge in [-0.05, 0) is 64.7 Å². The highest BCUT2D eigenvalue weighted by Crippen LogP contribution is 2.46. The zero-order chi connectivity index (χ0) is 33.7. The fourth-order valence-electron chi connectivity index (χ4n) is 6.00. The maximum atomic E-state index is 13.7. The normalized spacial score (nSPS) is 23.0. The summed E-state index contributed by atoms with van der Waals surface area (Å²) in [5.41, 5.74) is 2.10. The molecule has 248 valence electrons. The summed E-state index contributed by atoms with van der Waals surface area (Å²) in [5, 5.41) is 6.54. The zero-order valence-electron chi connectivity index (χ0n) is 27.5. The fourth-order valence-corrected chi connectivity index (χ4v) is 6.86. The number of hydrogen-bond acceptors (Lipinski definition) is 10. The summed E-state index contributed by atoms with van der Waals surface area (Å²) in [6.07, 6.45) is 5.44. The summed E-state index contributed by atoms with van der Waals surface area (Å²) in [5.74, 6) is 0.494. The average Bonchev–Trinajstić information content (AvgIpc) is 3.91. The maximum Gasteiger partial charge on any atom is 0.411 e. The summed E-state index contributed by atoms with van der Waals surface area (Å²) in [6.45, 7) is 11.1. The Morgan fingerprint density at radius 2 is 1.91 bits per heavy atom. The summed E-state index contributed by atoms with van der Waals surface area (Å²) in [7, 11) is 2.90. The Morgan fingerprint density at radius 1 is 1.15 bits per heavy atom. The van der Waals surface area contributed by atoms with Gasteiger partial charge in [-0.1, -0.05) is 6.08 Å². The number of benzene rings is 1. The molecule has 2 amide bonds. The molecule has 3 aromatic rings. The monoisotopic (exact) mass is 660 g/mol. The van der Waals surface area contributed by atoms with Crippen LogP contribution in [0.25, 0.3) is 21.6 Å². The number of esters is 1. The molecule has 12 heteroatoms. The number of nitrogens with zero attached hydrogens (tertiary/aromatic N) is 3. The molecule has 2 aliphatic carbocycles. The minimum absolute atomic E-state index is 0.100. The third kappa shape index (κ3) is 6.43. The number of aromatic nitrogens is 2. The third-order valence-electron chi connectivity index (χ3n) is 8.79. The van der Waals surface area contributed by atoms with Crippen molar-refractivity contribution in [1.29, 1.82) is 0 Å². The second-order valence-corrected chi connectivity index (χ2v) is 14.2. The minimum atomic E-state index is -1.20. The van der Waals surface area contributed by atoms with E-state index in [2.05, 4.69) is 17.3 Å². The van der Waals surface area contributed by atoms with Gasteiger partial charge < -0.3 is 24.3 Å². The molecular formula is C35H40N4O7S. The molecule has 1 aliphatic heterocycles. The lowest BCUT2D eigenvalue weighted by molar-refractivity contribution is -0.147. The molecule has 2 saturated carbocycles. The smallest absolute Gasteiger partial charge is 0.411 e. The van der Waals surface area contributed by atoms with Gasteiger partial charge in [-0.2, -0.15) is 0 Å². The summed E-state index contributed by atoms with van der Waals surface area (Å²) >= 11 is 1.56. The first-order valence-corrected chi connectivity index (χ1v) is 16.6. The Labute approximate surface area is 277 Å². The largest absolute Gasteiger partial charge is 0.496 e. The Balaban J connectivity index is 1.32. The van der Waals surface area contributed by atoms with E-state index in [9.17, 15) is 14.4 Å². The van der Waals surface area contributed by atoms with Crippen molar-refractivity contribution in [2.75, 3.05) is 20.8 Å². The third-order valence-corrected chi connectivity index (χ3v) is 9.67. The fraction of sp³-hybridized carbons (Fsp3) is 0.457. The van der Waals surface area contributed by atoms with Gasteiger partial charge in [-0.15, -0.1) is 17.9 Å². The highest BCUT2D eigenvalue weighted by atomic mass is 32.1. The van der Waals surface area contributed by atoms with E-state index in [0.29, 0.717) is 35.1 Å². The van der Waals surface area contributed by atoms with Gasteiger partial charge in [0.25, 0.3) is 0 Å². The van der Waals surface area contributed by atoms with Gasteiger partial charge in [0.05, 0.1) is 31.7 Å². The van der Waals surface area contributed by atoms with Crippen LogP contribution < -0.4 is 14.8 Å². The molecular weight excluding hydrogens is 620 g/mol. The number of pyridine rings is 1. The van der Waals surface area contributed by atoms with Crippen LogP contribution in [0.15, 0.2) is 48.1 Å². The molecule has 1 aromatic carbocycles. The second kappa shape index (κ2) is 12.3. The van der Waals surface area contributed by atoms with Gasteiger partial charge >= 0.3 is 12.1 Å². The van der Waals surface area contributed by atoms with Gasteiger partial charge in [-0.25, -0.2) is 19.6 Å². The Hall–Kier alpha value is -4.45. The summed E-state index contributed by atoms with van der Waals surface area (Å²) < 4.78 is 22.6. The van der Waals surface area contributed by atoms with Gasteiger partial charge in [0.1, 0.15) is 39.4 Å². The highest BCUT2D eigenvalue weighted by Gasteiger charge is 2.61. The molecule has 1 N–H and O–H groups in total. The number of ether oxygens (including phenoxy) is 4. The molecule has 0 radical (unpaired) electrons. The average molecular weight is 661 g/mol. The quantitative estimate of drug-likeness (QED) is 0.165. The number of likely N-dealkylation sites (tertiary alicyclic amines) is 1. The zero-order valence-corrected chi connectivity index (χ0v) is 28.4. The first-order chi connectivity index (χ1) is 22.4. The second-order valence-electron chi connectivity index (χ2n) is 13.4. The molecule has 3 atom stereocenters. The number of thiazole rings is 1. The lowest BCUT2D eigenvalue weighted by Gasteiger charge is -2.28. The first kappa shape index (κ1) is 32.5. The topological polar surface area (TPSA) is 129 Å². The Kier molecular flexibility index (Phi) is 8.50. The van der Waals surface area contributed by atoms with Gasteiger partial charge in [0, 0.05) is 47.2 Å². The molecule has 0 bridgehead atoms.